The molecule has 6 aromatic rings. The quantitative estimate of drug-likeness (QED) is 0.0373. The van der Waals surface area contributed by atoms with Crippen molar-refractivity contribution < 1.29 is 59.9 Å². The SMILES string of the molecule is COc1ccc(-c2c(-c3ccc(OC)cc3)[n+](CCCCCOC(=O)[C@@H]3CCCCN3Cc3c(OC)cc(OCc4cccc(-c5ccccc5)c4C)cc3OC)cn2CCCCCO)cc1.[Br-]. The van der Waals surface area contributed by atoms with E-state index in [1.54, 1.807) is 28.4 Å². The van der Waals surface area contributed by atoms with Crippen LogP contribution >= 0.6 is 0 Å². The predicted molar refractivity (Wildman–Crippen MR) is 263 cm³/mol. The van der Waals surface area contributed by atoms with Gasteiger partial charge in [0.2, 0.25) is 6.33 Å². The van der Waals surface area contributed by atoms with Gasteiger partial charge in [-0.15, -0.1) is 0 Å². The fraction of sp³-hybridized carbons (Fsp3) is 0.393. The molecule has 0 spiro atoms. The maximum atomic E-state index is 13.8. The minimum atomic E-state index is -0.352. The van der Waals surface area contributed by atoms with E-state index in [9.17, 15) is 9.90 Å². The number of nitrogens with zero attached hydrogens (tertiary/aromatic N) is 3. The number of hydrogen-bond acceptors (Lipinski definition) is 9. The Balaban J connectivity index is 0.00000761. The Kier molecular flexibility index (Phi) is 19.8. The van der Waals surface area contributed by atoms with E-state index in [0.717, 1.165) is 123 Å². The second kappa shape index (κ2) is 26.1. The summed E-state index contributed by atoms with van der Waals surface area (Å²) in [6.07, 6.45) is 10.2. The standard InChI is InChI=1S/C56H68N3O8.BrH/c1-41-45(20-17-21-49(41)42-18-9-6-10-19-42)39-67-48-36-52(64-4)50(53(37-48)65-5)38-57-31-14-11-22-51(57)56(61)66-35-16-8-13-33-59-40-58(32-12-7-15-34-60)54(43-23-27-46(62-2)28-24-43)55(59)44-25-29-47(63-3)30-26-44;/h6,9-10,17-21,23-30,36-37,40,51,60H,7-8,11-16,22,31-35,38-39H2,1-5H3;1H/q+1;/p-1/t51-;/m0./s1. The van der Waals surface area contributed by atoms with Crippen LogP contribution in [0.2, 0.25) is 0 Å². The zero-order valence-electron chi connectivity index (χ0n) is 40.4. The number of rotatable bonds is 24. The maximum Gasteiger partial charge on any atom is 0.323 e. The number of aliphatic hydroxyl groups excluding tert-OH is 1. The third-order valence-electron chi connectivity index (χ3n) is 12.9. The molecule has 7 rings (SSSR count). The fourth-order valence-electron chi connectivity index (χ4n) is 9.18. The van der Waals surface area contributed by atoms with Crippen molar-refractivity contribution in [3.05, 3.63) is 132 Å². The molecular weight excluding hydrogens is 923 g/mol. The first kappa shape index (κ1) is 51.6. The normalized spacial score (nSPS) is 13.6. The topological polar surface area (TPSA) is 105 Å². The predicted octanol–water partition coefficient (Wildman–Crippen LogP) is 7.63. The Hall–Kier alpha value is -5.82. The molecule has 362 valence electrons. The van der Waals surface area contributed by atoms with Crippen molar-refractivity contribution in [1.82, 2.24) is 9.47 Å². The van der Waals surface area contributed by atoms with Gasteiger partial charge in [0.05, 0.1) is 53.7 Å². The zero-order chi connectivity index (χ0) is 47.0. The summed E-state index contributed by atoms with van der Waals surface area (Å²) in [5, 5.41) is 9.45. The molecule has 0 unspecified atom stereocenters. The van der Waals surface area contributed by atoms with Gasteiger partial charge in [0, 0.05) is 36.4 Å². The lowest BCUT2D eigenvalue weighted by molar-refractivity contribution is -0.686. The van der Waals surface area contributed by atoms with Crippen molar-refractivity contribution >= 4 is 5.97 Å². The molecular formula is C56H68BrN3O8. The van der Waals surface area contributed by atoms with Crippen molar-refractivity contribution in [2.75, 3.05) is 48.2 Å². The molecule has 1 atom stereocenters. The van der Waals surface area contributed by atoms with Crippen LogP contribution in [0.25, 0.3) is 33.6 Å². The summed E-state index contributed by atoms with van der Waals surface area (Å²) in [5.74, 6) is 3.40. The molecule has 0 aliphatic carbocycles. The molecule has 0 amide bonds. The molecule has 1 aliphatic heterocycles. The minimum Gasteiger partial charge on any atom is -1.00 e. The molecule has 0 saturated carbocycles. The Morgan fingerprint density at radius 3 is 2.04 bits per heavy atom. The molecule has 1 fully saturated rings. The van der Waals surface area contributed by atoms with Crippen molar-refractivity contribution in [1.29, 1.82) is 0 Å². The van der Waals surface area contributed by atoms with Crippen molar-refractivity contribution in [2.24, 2.45) is 0 Å². The van der Waals surface area contributed by atoms with Crippen LogP contribution in [0.1, 0.15) is 74.5 Å². The van der Waals surface area contributed by atoms with E-state index in [1.165, 1.54) is 16.7 Å². The largest absolute Gasteiger partial charge is 1.00 e. The third-order valence-corrected chi connectivity index (χ3v) is 12.9. The first-order valence-corrected chi connectivity index (χ1v) is 23.8. The summed E-state index contributed by atoms with van der Waals surface area (Å²) < 4.78 is 40.0. The Bertz CT molecular complexity index is 2470. The lowest BCUT2D eigenvalue weighted by atomic mass is 9.97. The Labute approximate surface area is 413 Å². The van der Waals surface area contributed by atoms with Gasteiger partial charge in [-0.3, -0.25) is 9.69 Å². The number of imidazole rings is 1. The van der Waals surface area contributed by atoms with Crippen LogP contribution in [0.5, 0.6) is 28.7 Å². The van der Waals surface area contributed by atoms with Crippen molar-refractivity contribution in [3.63, 3.8) is 0 Å². The Morgan fingerprint density at radius 2 is 1.38 bits per heavy atom. The van der Waals surface area contributed by atoms with E-state index in [1.807, 2.05) is 42.5 Å². The number of aromatic nitrogens is 2. The van der Waals surface area contributed by atoms with Gasteiger partial charge in [0.15, 0.2) is 11.4 Å². The summed E-state index contributed by atoms with van der Waals surface area (Å²) in [7, 11) is 6.69. The number of hydrogen-bond donors (Lipinski definition) is 1. The van der Waals surface area contributed by atoms with Crippen molar-refractivity contribution in [2.45, 2.75) is 97.0 Å². The van der Waals surface area contributed by atoms with Crippen LogP contribution in [0, 0.1) is 6.92 Å². The van der Waals surface area contributed by atoms with Gasteiger partial charge in [-0.1, -0.05) is 55.0 Å². The average Bonchev–Trinajstić information content (AvgIpc) is 3.74. The summed E-state index contributed by atoms with van der Waals surface area (Å²) in [4.78, 5) is 16.0. The molecule has 1 N–H and O–H groups in total. The highest BCUT2D eigenvalue weighted by Gasteiger charge is 2.32. The second-order valence-electron chi connectivity index (χ2n) is 17.2. The van der Waals surface area contributed by atoms with E-state index < -0.39 is 0 Å². The summed E-state index contributed by atoms with van der Waals surface area (Å²) in [5.41, 5.74) is 9.99. The molecule has 68 heavy (non-hydrogen) atoms. The van der Waals surface area contributed by atoms with Crippen LogP contribution in [0.3, 0.4) is 0 Å². The lowest BCUT2D eigenvalue weighted by Gasteiger charge is -2.34. The van der Waals surface area contributed by atoms with Crippen LogP contribution in [-0.2, 0) is 35.8 Å². The van der Waals surface area contributed by atoms with Gasteiger partial charge in [0.25, 0.3) is 0 Å². The summed E-state index contributed by atoms with van der Waals surface area (Å²) >= 11 is 0. The van der Waals surface area contributed by atoms with Gasteiger partial charge in [0.1, 0.15) is 41.4 Å². The molecule has 1 aromatic heterocycles. The number of benzene rings is 5. The van der Waals surface area contributed by atoms with Crippen LogP contribution < -0.4 is 45.2 Å². The molecule has 2 heterocycles. The number of carbonyl (C=O) groups excluding carboxylic acids is 1. The molecule has 11 nitrogen and oxygen atoms in total. The molecule has 1 aliphatic rings. The Morgan fingerprint density at radius 1 is 0.706 bits per heavy atom. The number of piperidine rings is 1. The minimum absolute atomic E-state index is 0. The van der Waals surface area contributed by atoms with Crippen LogP contribution in [0.4, 0.5) is 0 Å². The van der Waals surface area contributed by atoms with E-state index in [4.69, 9.17) is 28.4 Å². The summed E-state index contributed by atoms with van der Waals surface area (Å²) in [6, 6.07) is 36.7. The fourth-order valence-corrected chi connectivity index (χ4v) is 9.18. The number of aliphatic hydroxyl groups is 1. The van der Waals surface area contributed by atoms with Crippen LogP contribution in [0.15, 0.2) is 116 Å². The van der Waals surface area contributed by atoms with E-state index >= 15 is 0 Å². The monoisotopic (exact) mass is 989 g/mol. The number of ether oxygens (including phenoxy) is 6. The first-order valence-electron chi connectivity index (χ1n) is 23.8. The van der Waals surface area contributed by atoms with Gasteiger partial charge in [-0.25, -0.2) is 9.13 Å². The maximum absolute atomic E-state index is 13.8. The number of methoxy groups -OCH3 is 4. The highest BCUT2D eigenvalue weighted by atomic mass is 79.9. The summed E-state index contributed by atoms with van der Waals surface area (Å²) in [6.45, 7) is 5.98. The molecule has 1 saturated heterocycles. The van der Waals surface area contributed by atoms with Gasteiger partial charge >= 0.3 is 5.97 Å². The van der Waals surface area contributed by atoms with Crippen LogP contribution in [-0.4, -0.2) is 74.8 Å². The van der Waals surface area contributed by atoms with E-state index in [0.29, 0.717) is 37.0 Å². The molecule has 12 heteroatoms. The molecule has 0 radical (unpaired) electrons. The zero-order valence-corrected chi connectivity index (χ0v) is 42.0. The van der Waals surface area contributed by atoms with Gasteiger partial charge in [-0.2, -0.15) is 0 Å². The smallest absolute Gasteiger partial charge is 0.323 e. The van der Waals surface area contributed by atoms with Crippen molar-refractivity contribution in [3.8, 4) is 62.4 Å². The number of aryl methyl sites for hydroxylation is 2. The second-order valence-corrected chi connectivity index (χ2v) is 17.2. The van der Waals surface area contributed by atoms with Gasteiger partial charge < -0.3 is 50.5 Å². The van der Waals surface area contributed by atoms with Gasteiger partial charge in [-0.05, 0) is 136 Å². The van der Waals surface area contributed by atoms with E-state index in [-0.39, 0.29) is 35.6 Å². The number of carbonyl (C=O) groups is 1. The number of esters is 1. The number of likely N-dealkylation sites (tertiary alicyclic amines) is 1. The first-order chi connectivity index (χ1) is 32.8. The number of halogens is 1. The lowest BCUT2D eigenvalue weighted by Crippen LogP contribution is -3.00. The molecule has 0 bridgehead atoms. The average molecular weight is 991 g/mol. The number of unbranched alkanes of at least 4 members (excludes halogenated alkanes) is 4. The third kappa shape index (κ3) is 13.0. The highest BCUT2D eigenvalue weighted by molar-refractivity contribution is 5.77. The highest BCUT2D eigenvalue weighted by Crippen LogP contribution is 2.38. The van der Waals surface area contributed by atoms with E-state index in [2.05, 4.69) is 94.0 Å². The molecule has 5 aromatic carbocycles.